The van der Waals surface area contributed by atoms with Crippen molar-refractivity contribution in [1.82, 2.24) is 4.90 Å². The van der Waals surface area contributed by atoms with Crippen molar-refractivity contribution in [3.63, 3.8) is 0 Å². The van der Waals surface area contributed by atoms with E-state index in [1.54, 1.807) is 0 Å². The Morgan fingerprint density at radius 3 is 1.76 bits per heavy atom. The second-order valence-corrected chi connectivity index (χ2v) is 11.6. The molecule has 1 aliphatic rings. The van der Waals surface area contributed by atoms with Gasteiger partial charge in [-0.2, -0.15) is 0 Å². The quantitative estimate of drug-likeness (QED) is 0.121. The zero-order valence-electron chi connectivity index (χ0n) is 24.8. The van der Waals surface area contributed by atoms with Crippen LogP contribution in [0.3, 0.4) is 0 Å². The van der Waals surface area contributed by atoms with Crippen LogP contribution in [0.4, 0.5) is 0 Å². The van der Waals surface area contributed by atoms with E-state index in [1.165, 1.54) is 134 Å². The first kappa shape index (κ1) is 32.3. The first-order valence-corrected chi connectivity index (χ1v) is 16.3. The highest BCUT2D eigenvalue weighted by atomic mass is 16.5. The number of hydrogen-bond donors (Lipinski definition) is 0. The lowest BCUT2D eigenvalue weighted by molar-refractivity contribution is -0.0388. The minimum absolute atomic E-state index is 0.178. The molecule has 3 heteroatoms. The molecule has 2 atom stereocenters. The predicted octanol–water partition coefficient (Wildman–Crippen LogP) is 9.72. The fourth-order valence-electron chi connectivity index (χ4n) is 5.65. The lowest BCUT2D eigenvalue weighted by atomic mass is 10.0. The van der Waals surface area contributed by atoms with Crippen molar-refractivity contribution in [3.8, 4) is 0 Å². The first-order valence-electron chi connectivity index (χ1n) is 16.3. The molecular weight excluding hydrogens is 454 g/mol. The highest BCUT2D eigenvalue weighted by molar-refractivity contribution is 5.13. The predicted molar refractivity (Wildman–Crippen MR) is 160 cm³/mol. The van der Waals surface area contributed by atoms with Crippen LogP contribution in [0.15, 0.2) is 30.3 Å². The van der Waals surface area contributed by atoms with Gasteiger partial charge in [-0.25, -0.2) is 0 Å². The van der Waals surface area contributed by atoms with Crippen molar-refractivity contribution in [3.05, 3.63) is 35.9 Å². The largest absolute Gasteiger partial charge is 0.379 e. The molecule has 2 unspecified atom stereocenters. The average molecular weight is 516 g/mol. The molecule has 0 aromatic heterocycles. The SMILES string of the molecule is CCCCCCCCCCCCCCCCCCOCC(CC(C)N1CCCC1)OCc1ccccc1. The van der Waals surface area contributed by atoms with Gasteiger partial charge >= 0.3 is 0 Å². The van der Waals surface area contributed by atoms with Gasteiger partial charge in [-0.05, 0) is 51.3 Å². The van der Waals surface area contributed by atoms with Crippen molar-refractivity contribution in [1.29, 1.82) is 0 Å². The Labute approximate surface area is 231 Å². The summed E-state index contributed by atoms with van der Waals surface area (Å²) in [5.41, 5.74) is 1.25. The lowest BCUT2D eigenvalue weighted by Crippen LogP contribution is -2.35. The third-order valence-corrected chi connectivity index (χ3v) is 8.14. The Hall–Kier alpha value is -0.900. The summed E-state index contributed by atoms with van der Waals surface area (Å²) in [6.07, 6.45) is 26.4. The third-order valence-electron chi connectivity index (χ3n) is 8.14. The molecule has 3 nitrogen and oxygen atoms in total. The summed E-state index contributed by atoms with van der Waals surface area (Å²) in [5, 5.41) is 0. The highest BCUT2D eigenvalue weighted by Crippen LogP contribution is 2.18. The molecule has 0 saturated carbocycles. The van der Waals surface area contributed by atoms with Crippen LogP contribution in [0.25, 0.3) is 0 Å². The van der Waals surface area contributed by atoms with Crippen LogP contribution in [0.5, 0.6) is 0 Å². The van der Waals surface area contributed by atoms with E-state index in [0.717, 1.165) is 19.6 Å². The van der Waals surface area contributed by atoms with Gasteiger partial charge in [-0.15, -0.1) is 0 Å². The molecule has 1 heterocycles. The smallest absolute Gasteiger partial charge is 0.0827 e. The number of unbranched alkanes of at least 4 members (excludes halogenated alkanes) is 15. The number of likely N-dealkylation sites (tertiary alicyclic amines) is 1. The number of ether oxygens (including phenoxy) is 2. The molecule has 0 radical (unpaired) electrons. The molecule has 0 N–H and O–H groups in total. The van der Waals surface area contributed by atoms with Gasteiger partial charge in [0.2, 0.25) is 0 Å². The van der Waals surface area contributed by atoms with E-state index in [2.05, 4.69) is 49.1 Å². The molecule has 37 heavy (non-hydrogen) atoms. The third kappa shape index (κ3) is 17.3. The summed E-state index contributed by atoms with van der Waals surface area (Å²) in [5.74, 6) is 0. The van der Waals surface area contributed by atoms with Crippen LogP contribution >= 0.6 is 0 Å². The maximum absolute atomic E-state index is 6.34. The van der Waals surface area contributed by atoms with Gasteiger partial charge in [-0.1, -0.05) is 134 Å². The van der Waals surface area contributed by atoms with Crippen molar-refractivity contribution in [2.75, 3.05) is 26.3 Å². The Kier molecular flexibility index (Phi) is 20.1. The molecule has 1 aromatic rings. The zero-order valence-corrected chi connectivity index (χ0v) is 24.8. The molecular formula is C34H61NO2. The molecule has 1 aromatic carbocycles. The Balaban J connectivity index is 1.43. The number of nitrogens with zero attached hydrogens (tertiary/aromatic N) is 1. The molecule has 1 saturated heterocycles. The second kappa shape index (κ2) is 23.0. The lowest BCUT2D eigenvalue weighted by Gasteiger charge is -2.28. The van der Waals surface area contributed by atoms with Gasteiger partial charge in [0.25, 0.3) is 0 Å². The number of benzene rings is 1. The molecule has 0 amide bonds. The van der Waals surface area contributed by atoms with E-state index < -0.39 is 0 Å². The molecule has 0 bridgehead atoms. The van der Waals surface area contributed by atoms with Crippen LogP contribution in [0.2, 0.25) is 0 Å². The van der Waals surface area contributed by atoms with Gasteiger partial charge in [0.15, 0.2) is 0 Å². The summed E-state index contributed by atoms with van der Waals surface area (Å²) in [6, 6.07) is 11.1. The van der Waals surface area contributed by atoms with Gasteiger partial charge in [0, 0.05) is 12.6 Å². The summed E-state index contributed by atoms with van der Waals surface area (Å²) in [6.45, 7) is 9.43. The van der Waals surface area contributed by atoms with Crippen molar-refractivity contribution < 1.29 is 9.47 Å². The summed E-state index contributed by atoms with van der Waals surface area (Å²) in [4.78, 5) is 2.62. The van der Waals surface area contributed by atoms with Gasteiger partial charge in [0.1, 0.15) is 0 Å². The maximum atomic E-state index is 6.34. The first-order chi connectivity index (χ1) is 18.3. The van der Waals surface area contributed by atoms with Gasteiger partial charge < -0.3 is 14.4 Å². The maximum Gasteiger partial charge on any atom is 0.0827 e. The van der Waals surface area contributed by atoms with Crippen LogP contribution in [0, 0.1) is 0 Å². The molecule has 1 fully saturated rings. The van der Waals surface area contributed by atoms with Crippen molar-refractivity contribution in [2.24, 2.45) is 0 Å². The van der Waals surface area contributed by atoms with Crippen LogP contribution in [-0.2, 0) is 16.1 Å². The van der Waals surface area contributed by atoms with E-state index in [0.29, 0.717) is 12.6 Å². The van der Waals surface area contributed by atoms with E-state index >= 15 is 0 Å². The van der Waals surface area contributed by atoms with E-state index in [4.69, 9.17) is 9.47 Å². The minimum atomic E-state index is 0.178. The van der Waals surface area contributed by atoms with E-state index in [1.807, 2.05) is 0 Å². The van der Waals surface area contributed by atoms with E-state index in [-0.39, 0.29) is 6.10 Å². The summed E-state index contributed by atoms with van der Waals surface area (Å²) < 4.78 is 12.5. The minimum Gasteiger partial charge on any atom is -0.379 e. The van der Waals surface area contributed by atoms with Crippen molar-refractivity contribution in [2.45, 2.75) is 155 Å². The number of hydrogen-bond acceptors (Lipinski definition) is 3. The van der Waals surface area contributed by atoms with Crippen molar-refractivity contribution >= 4 is 0 Å². The summed E-state index contributed by atoms with van der Waals surface area (Å²) in [7, 11) is 0. The molecule has 1 aliphatic heterocycles. The Bertz CT molecular complexity index is 601. The van der Waals surface area contributed by atoms with Crippen LogP contribution in [-0.4, -0.2) is 43.3 Å². The van der Waals surface area contributed by atoms with Gasteiger partial charge in [-0.3, -0.25) is 0 Å². The average Bonchev–Trinajstić information content (AvgIpc) is 3.47. The highest BCUT2D eigenvalue weighted by Gasteiger charge is 2.22. The Morgan fingerprint density at radius 2 is 1.22 bits per heavy atom. The zero-order chi connectivity index (χ0) is 26.2. The molecule has 0 aliphatic carbocycles. The Morgan fingerprint density at radius 1 is 0.703 bits per heavy atom. The van der Waals surface area contributed by atoms with Gasteiger partial charge in [0.05, 0.1) is 19.3 Å². The summed E-state index contributed by atoms with van der Waals surface area (Å²) >= 11 is 0. The normalized spacial score (nSPS) is 15.8. The molecule has 2 rings (SSSR count). The molecule has 214 valence electrons. The fraction of sp³-hybridized carbons (Fsp3) is 0.824. The van der Waals surface area contributed by atoms with Crippen LogP contribution in [0.1, 0.15) is 141 Å². The second-order valence-electron chi connectivity index (χ2n) is 11.6. The topological polar surface area (TPSA) is 21.7 Å². The fourth-order valence-corrected chi connectivity index (χ4v) is 5.65. The molecule has 0 spiro atoms. The van der Waals surface area contributed by atoms with E-state index in [9.17, 15) is 0 Å². The standard InChI is InChI=1S/C34H61NO2/c1-3-4-5-6-7-8-9-10-11-12-13-14-15-16-17-23-28-36-31-34(29-32(2)35-26-21-22-27-35)37-30-33-24-19-18-20-25-33/h18-20,24-25,32,34H,3-17,21-23,26-31H2,1-2H3. The number of rotatable bonds is 25. The monoisotopic (exact) mass is 515 g/mol. The van der Waals surface area contributed by atoms with Crippen LogP contribution < -0.4 is 0 Å².